The van der Waals surface area contributed by atoms with Crippen LogP contribution in [0.15, 0.2) is 53.7 Å². The van der Waals surface area contributed by atoms with Gasteiger partial charge in [0.05, 0.1) is 21.5 Å². The number of benzene rings is 2. The van der Waals surface area contributed by atoms with Crippen molar-refractivity contribution in [3.05, 3.63) is 92.1 Å². The predicted octanol–water partition coefficient (Wildman–Crippen LogP) is 6.47. The van der Waals surface area contributed by atoms with Gasteiger partial charge >= 0.3 is 5.97 Å². The molecule has 2 fully saturated rings. The zero-order chi connectivity index (χ0) is 26.0. The third-order valence-corrected chi connectivity index (χ3v) is 9.08. The molecule has 3 aromatic rings. The number of nitrogens with zero attached hydrogens (tertiary/aromatic N) is 2. The summed E-state index contributed by atoms with van der Waals surface area (Å²) in [6, 6.07) is 15.0. The summed E-state index contributed by atoms with van der Waals surface area (Å²) >= 11 is 13.0. The summed E-state index contributed by atoms with van der Waals surface area (Å²) in [6.07, 6.45) is 5.77. The SMILES string of the molecule is O=C(O)c1ccc2c(c1)C1(CC1)c1ccc(OCC3C(c4c(Cl)cccc4Cl)=NOC3C3CC3)nc1CC2. The van der Waals surface area contributed by atoms with E-state index < -0.39 is 5.97 Å². The van der Waals surface area contributed by atoms with Crippen LogP contribution >= 0.6 is 23.2 Å². The molecule has 4 aliphatic rings. The summed E-state index contributed by atoms with van der Waals surface area (Å²) in [5.41, 5.74) is 6.20. The molecule has 1 aliphatic heterocycles. The van der Waals surface area contributed by atoms with E-state index in [1.807, 2.05) is 36.4 Å². The first kappa shape index (κ1) is 24.0. The minimum absolute atomic E-state index is 0.0640. The number of carboxylic acid groups (broad SMARTS) is 1. The van der Waals surface area contributed by atoms with E-state index in [2.05, 4.69) is 11.2 Å². The highest BCUT2D eigenvalue weighted by Gasteiger charge is 2.50. The molecular formula is C30H26Cl2N2O4. The van der Waals surface area contributed by atoms with Gasteiger partial charge < -0.3 is 14.7 Å². The van der Waals surface area contributed by atoms with E-state index in [-0.39, 0.29) is 17.4 Å². The van der Waals surface area contributed by atoms with Gasteiger partial charge in [0, 0.05) is 22.7 Å². The maximum absolute atomic E-state index is 11.6. The molecule has 2 atom stereocenters. The number of ether oxygens (including phenoxy) is 1. The summed E-state index contributed by atoms with van der Waals surface area (Å²) in [7, 11) is 0. The van der Waals surface area contributed by atoms with Crippen molar-refractivity contribution in [1.82, 2.24) is 4.98 Å². The molecule has 2 unspecified atom stereocenters. The predicted molar refractivity (Wildman–Crippen MR) is 145 cm³/mol. The van der Waals surface area contributed by atoms with Crippen molar-refractivity contribution < 1.29 is 19.5 Å². The number of oxime groups is 1. The zero-order valence-corrected chi connectivity index (χ0v) is 22.1. The van der Waals surface area contributed by atoms with Gasteiger partial charge in [-0.1, -0.05) is 46.6 Å². The van der Waals surface area contributed by atoms with Gasteiger partial charge in [-0.05, 0) is 85.4 Å². The molecule has 6 nitrogen and oxygen atoms in total. The van der Waals surface area contributed by atoms with Gasteiger partial charge in [0.2, 0.25) is 5.88 Å². The van der Waals surface area contributed by atoms with Gasteiger partial charge in [-0.2, -0.15) is 0 Å². The molecule has 2 aromatic carbocycles. The maximum atomic E-state index is 11.6. The number of pyridine rings is 1. The van der Waals surface area contributed by atoms with Crippen molar-refractivity contribution in [1.29, 1.82) is 0 Å². The Kier molecular flexibility index (Phi) is 5.68. The number of fused-ring (bicyclic) bond motifs is 4. The van der Waals surface area contributed by atoms with Crippen LogP contribution in [0.3, 0.4) is 0 Å². The molecule has 2 saturated carbocycles. The summed E-state index contributed by atoms with van der Waals surface area (Å²) < 4.78 is 6.32. The first-order valence-electron chi connectivity index (χ1n) is 13.1. The number of carboxylic acids is 1. The average molecular weight is 549 g/mol. The van der Waals surface area contributed by atoms with Gasteiger partial charge in [-0.25, -0.2) is 9.78 Å². The number of aromatic nitrogens is 1. The molecule has 1 spiro atoms. The number of hydrogen-bond donors (Lipinski definition) is 1. The topological polar surface area (TPSA) is 81.0 Å². The van der Waals surface area contributed by atoms with Crippen LogP contribution in [0.4, 0.5) is 0 Å². The smallest absolute Gasteiger partial charge is 0.335 e. The Labute approximate surface area is 230 Å². The lowest BCUT2D eigenvalue weighted by atomic mass is 9.85. The Morgan fingerprint density at radius 3 is 2.55 bits per heavy atom. The van der Waals surface area contributed by atoms with Gasteiger partial charge in [-0.3, -0.25) is 0 Å². The Morgan fingerprint density at radius 1 is 1.05 bits per heavy atom. The van der Waals surface area contributed by atoms with Crippen LogP contribution in [-0.4, -0.2) is 34.5 Å². The Bertz CT molecular complexity index is 1480. The van der Waals surface area contributed by atoms with E-state index >= 15 is 0 Å². The highest BCUT2D eigenvalue weighted by molar-refractivity contribution is 6.40. The second-order valence-corrected chi connectivity index (χ2v) is 11.6. The number of carbonyl (C=O) groups is 1. The van der Waals surface area contributed by atoms with E-state index in [4.69, 9.17) is 37.8 Å². The molecule has 7 rings (SSSR count). The van der Waals surface area contributed by atoms with E-state index in [1.165, 1.54) is 11.1 Å². The standard InChI is InChI=1S/C30H26Cl2N2O4/c31-22-2-1-3-23(32)26(22)27-19(28(38-34-27)17-5-6-17)15-37-25-11-9-20-24(33-25)10-8-16-4-7-18(29(35)36)14-21(16)30(20)12-13-30/h1-4,7,9,11,14,17,19,28H,5-6,8,10,12-13,15H2,(H,35,36). The number of hydrogen-bond acceptors (Lipinski definition) is 5. The fraction of sp³-hybridized carbons (Fsp3) is 0.367. The lowest BCUT2D eigenvalue weighted by molar-refractivity contribution is 0.0335. The van der Waals surface area contributed by atoms with Crippen LogP contribution in [0.2, 0.25) is 10.0 Å². The third-order valence-electron chi connectivity index (χ3n) is 8.45. The average Bonchev–Trinajstić information content (AvgIpc) is 3.84. The van der Waals surface area contributed by atoms with E-state index in [1.54, 1.807) is 6.07 Å². The van der Waals surface area contributed by atoms with Gasteiger partial charge in [0.15, 0.2) is 0 Å². The van der Waals surface area contributed by atoms with Gasteiger partial charge in [0.25, 0.3) is 0 Å². The fourth-order valence-electron chi connectivity index (χ4n) is 6.20. The highest BCUT2D eigenvalue weighted by atomic mass is 35.5. The number of rotatable bonds is 6. The largest absolute Gasteiger partial charge is 0.478 e. The monoisotopic (exact) mass is 548 g/mol. The molecule has 38 heavy (non-hydrogen) atoms. The minimum atomic E-state index is -0.892. The van der Waals surface area contributed by atoms with Crippen LogP contribution in [0, 0.1) is 11.8 Å². The third kappa shape index (κ3) is 3.97. The number of halogens is 2. The summed E-state index contributed by atoms with van der Waals surface area (Å²) in [4.78, 5) is 22.5. The molecule has 0 radical (unpaired) electrons. The lowest BCUT2D eigenvalue weighted by Gasteiger charge is -2.21. The molecule has 0 bridgehead atoms. The number of aromatic carboxylic acids is 1. The summed E-state index contributed by atoms with van der Waals surface area (Å²) in [5.74, 6) is 0.0307. The van der Waals surface area contributed by atoms with Gasteiger partial charge in [0.1, 0.15) is 18.4 Å². The lowest BCUT2D eigenvalue weighted by Crippen LogP contribution is -2.31. The Hall–Kier alpha value is -3.09. The van der Waals surface area contributed by atoms with Crippen LogP contribution in [0.5, 0.6) is 5.88 Å². The fourth-order valence-corrected chi connectivity index (χ4v) is 6.79. The maximum Gasteiger partial charge on any atom is 0.335 e. The van der Waals surface area contributed by atoms with Crippen LogP contribution in [-0.2, 0) is 23.1 Å². The first-order chi connectivity index (χ1) is 18.4. The molecule has 1 N–H and O–H groups in total. The Morgan fingerprint density at radius 2 is 1.84 bits per heavy atom. The molecule has 2 heterocycles. The van der Waals surface area contributed by atoms with Crippen LogP contribution < -0.4 is 4.74 Å². The van der Waals surface area contributed by atoms with Crippen LogP contribution in [0.25, 0.3) is 0 Å². The van der Waals surface area contributed by atoms with Crippen molar-refractivity contribution in [2.45, 2.75) is 50.0 Å². The summed E-state index contributed by atoms with van der Waals surface area (Å²) in [6.45, 7) is 0.362. The normalized spacial score (nSPS) is 22.6. The molecule has 8 heteroatoms. The minimum Gasteiger partial charge on any atom is -0.478 e. The van der Waals surface area contributed by atoms with Crippen molar-refractivity contribution in [3.8, 4) is 5.88 Å². The molecular weight excluding hydrogens is 523 g/mol. The number of aryl methyl sites for hydroxylation is 2. The van der Waals surface area contributed by atoms with Crippen LogP contribution in [0.1, 0.15) is 64.0 Å². The molecule has 194 valence electrons. The van der Waals surface area contributed by atoms with Crippen molar-refractivity contribution >= 4 is 34.9 Å². The quantitative estimate of drug-likeness (QED) is 0.381. The second-order valence-electron chi connectivity index (χ2n) is 10.8. The molecule has 3 aliphatic carbocycles. The highest BCUT2D eigenvalue weighted by Crippen LogP contribution is 2.57. The van der Waals surface area contributed by atoms with Crippen molar-refractivity contribution in [3.63, 3.8) is 0 Å². The zero-order valence-electron chi connectivity index (χ0n) is 20.6. The van der Waals surface area contributed by atoms with Crippen molar-refractivity contribution in [2.75, 3.05) is 6.61 Å². The van der Waals surface area contributed by atoms with Crippen molar-refractivity contribution in [2.24, 2.45) is 17.0 Å². The van der Waals surface area contributed by atoms with E-state index in [9.17, 15) is 9.90 Å². The van der Waals surface area contributed by atoms with Gasteiger partial charge in [-0.15, -0.1) is 0 Å². The Balaban J connectivity index is 1.16. The molecule has 1 aromatic heterocycles. The molecule has 0 amide bonds. The second kappa shape index (κ2) is 8.99. The van der Waals surface area contributed by atoms with E-state index in [0.717, 1.165) is 55.5 Å². The summed E-state index contributed by atoms with van der Waals surface area (Å²) in [5, 5.41) is 15.1. The van der Waals surface area contributed by atoms with E-state index in [0.29, 0.717) is 39.6 Å². The molecule has 0 saturated heterocycles. The first-order valence-corrected chi connectivity index (χ1v) is 13.9.